The molecule has 0 aliphatic carbocycles. The van der Waals surface area contributed by atoms with Gasteiger partial charge >= 0.3 is 24.3 Å². The Kier molecular flexibility index (Phi) is 15.3. The molecule has 1 heterocycles. The molecular weight excluding hydrogens is 762 g/mol. The van der Waals surface area contributed by atoms with Crippen molar-refractivity contribution < 1.29 is 69.5 Å². The standard InChI is InChI=1S/C42H48F6O9/c1-9-27(3)34(56-37(51)40(54-8,42(46,47)48)31-21-14-11-15-22-31)28(4)18-16-17-26(2)23-24-32(25-33-29(5)35(49)38(6,52)57-33)55-36(50)39(53-7,41(43,44)45)30-19-12-10-13-20-30/h9-22,28,32,34,52H,23-25H2,1-8H3/b18-16+,26-17+,27-9+/t28-,32-,34+,38?,39-,40-/m1/s1. The first-order valence-corrected chi connectivity index (χ1v) is 17.9. The van der Waals surface area contributed by atoms with Crippen LogP contribution in [0.2, 0.25) is 0 Å². The number of hydrogen-bond donors (Lipinski definition) is 1. The van der Waals surface area contributed by atoms with Crippen molar-refractivity contribution in [1.29, 1.82) is 0 Å². The lowest BCUT2D eigenvalue weighted by Crippen LogP contribution is -2.53. The molecule has 0 amide bonds. The monoisotopic (exact) mass is 810 g/mol. The fraction of sp³-hybridized carbons (Fsp3) is 0.452. The van der Waals surface area contributed by atoms with Crippen molar-refractivity contribution in [3.63, 3.8) is 0 Å². The number of ketones is 1. The number of allylic oxidation sites excluding steroid dienone is 4. The zero-order chi connectivity index (χ0) is 43.0. The predicted molar refractivity (Wildman–Crippen MR) is 197 cm³/mol. The zero-order valence-corrected chi connectivity index (χ0v) is 32.9. The van der Waals surface area contributed by atoms with Crippen molar-refractivity contribution in [1.82, 2.24) is 0 Å². The third kappa shape index (κ3) is 10.1. The molecule has 2 aromatic carbocycles. The van der Waals surface area contributed by atoms with Gasteiger partial charge in [-0.3, -0.25) is 4.79 Å². The Morgan fingerprint density at radius 2 is 1.33 bits per heavy atom. The van der Waals surface area contributed by atoms with E-state index in [1.165, 1.54) is 43.3 Å². The van der Waals surface area contributed by atoms with Crippen LogP contribution in [0.25, 0.3) is 0 Å². The van der Waals surface area contributed by atoms with Crippen molar-refractivity contribution in [3.05, 3.63) is 119 Å². The van der Waals surface area contributed by atoms with Crippen LogP contribution in [-0.4, -0.2) is 67.4 Å². The second kappa shape index (κ2) is 18.7. The zero-order valence-electron chi connectivity index (χ0n) is 32.9. The highest BCUT2D eigenvalue weighted by Crippen LogP contribution is 2.45. The molecule has 1 aliphatic rings. The number of ether oxygens (including phenoxy) is 5. The molecule has 15 heteroatoms. The van der Waals surface area contributed by atoms with Gasteiger partial charge < -0.3 is 28.8 Å². The SMILES string of the molecule is C/C=C(\C)[C@H](OC(=O)[C@](OC)(c1ccccc1)C(F)(F)F)[C@H](C)/C=C/C=C(\C)CC[C@H](CC1=C(C)C(=O)C(C)(O)O1)OC(=O)[C@](OC)(c1ccccc1)C(F)(F)F. The fourth-order valence-electron chi connectivity index (χ4n) is 6.40. The van der Waals surface area contributed by atoms with Crippen LogP contribution in [0.1, 0.15) is 71.9 Å². The number of carbonyl (C=O) groups is 3. The average molecular weight is 811 g/mol. The van der Waals surface area contributed by atoms with Crippen LogP contribution in [0.3, 0.4) is 0 Å². The lowest BCUT2D eigenvalue weighted by atomic mass is 9.91. The van der Waals surface area contributed by atoms with E-state index >= 15 is 0 Å². The van der Waals surface area contributed by atoms with E-state index in [9.17, 15) is 45.8 Å². The molecule has 0 saturated heterocycles. The van der Waals surface area contributed by atoms with Crippen LogP contribution >= 0.6 is 0 Å². The molecule has 1 aliphatic heterocycles. The van der Waals surface area contributed by atoms with Gasteiger partial charge in [0.1, 0.15) is 18.0 Å². The molecule has 9 nitrogen and oxygen atoms in total. The Bertz CT molecular complexity index is 1850. The third-order valence-electron chi connectivity index (χ3n) is 9.81. The van der Waals surface area contributed by atoms with Gasteiger partial charge in [0.2, 0.25) is 5.78 Å². The Labute approximate surface area is 328 Å². The van der Waals surface area contributed by atoms with Crippen LogP contribution < -0.4 is 0 Å². The summed E-state index contributed by atoms with van der Waals surface area (Å²) in [6.07, 6.45) is -6.77. The van der Waals surface area contributed by atoms with Crippen molar-refractivity contribution in [2.75, 3.05) is 14.2 Å². The summed E-state index contributed by atoms with van der Waals surface area (Å²) in [7, 11) is 1.51. The average Bonchev–Trinajstić information content (AvgIpc) is 3.34. The number of benzene rings is 2. The summed E-state index contributed by atoms with van der Waals surface area (Å²) >= 11 is 0. The summed E-state index contributed by atoms with van der Waals surface area (Å²) in [6, 6.07) is 12.7. The number of hydrogen-bond acceptors (Lipinski definition) is 9. The molecule has 1 unspecified atom stereocenters. The van der Waals surface area contributed by atoms with E-state index in [0.29, 0.717) is 11.1 Å². The van der Waals surface area contributed by atoms with Crippen LogP contribution in [0.4, 0.5) is 26.3 Å². The van der Waals surface area contributed by atoms with E-state index in [1.54, 1.807) is 52.0 Å². The van der Waals surface area contributed by atoms with E-state index in [0.717, 1.165) is 45.4 Å². The van der Waals surface area contributed by atoms with E-state index in [-0.39, 0.29) is 30.6 Å². The van der Waals surface area contributed by atoms with Gasteiger partial charge in [-0.1, -0.05) is 97.5 Å². The van der Waals surface area contributed by atoms with Crippen LogP contribution in [0.5, 0.6) is 0 Å². The first-order chi connectivity index (χ1) is 26.5. The molecule has 2 aromatic rings. The van der Waals surface area contributed by atoms with Gasteiger partial charge in [0.05, 0.1) is 0 Å². The lowest BCUT2D eigenvalue weighted by molar-refractivity contribution is -0.279. The maximum atomic E-state index is 14.7. The summed E-state index contributed by atoms with van der Waals surface area (Å²) in [4.78, 5) is 39.5. The Hall–Kier alpha value is -4.73. The molecule has 0 saturated carbocycles. The minimum Gasteiger partial charge on any atom is -0.459 e. The summed E-state index contributed by atoms with van der Waals surface area (Å²) in [6.45, 7) is 9.03. The third-order valence-corrected chi connectivity index (χ3v) is 9.81. The maximum absolute atomic E-state index is 14.7. The summed E-state index contributed by atoms with van der Waals surface area (Å²) in [5.41, 5.74) is -6.76. The molecule has 57 heavy (non-hydrogen) atoms. The summed E-state index contributed by atoms with van der Waals surface area (Å²) in [5, 5.41) is 10.4. The number of rotatable bonds is 17. The first-order valence-electron chi connectivity index (χ1n) is 17.9. The number of carbonyl (C=O) groups excluding carboxylic acids is 3. The van der Waals surface area contributed by atoms with Crippen molar-refractivity contribution in [3.8, 4) is 0 Å². The van der Waals surface area contributed by atoms with Crippen LogP contribution in [-0.2, 0) is 49.3 Å². The molecule has 3 rings (SSSR count). The minimum absolute atomic E-state index is 0.00976. The van der Waals surface area contributed by atoms with Gasteiger partial charge in [0.15, 0.2) is 0 Å². The molecule has 0 fully saturated rings. The van der Waals surface area contributed by atoms with Gasteiger partial charge in [-0.25, -0.2) is 9.59 Å². The highest BCUT2D eigenvalue weighted by molar-refractivity contribution is 6.02. The molecule has 0 spiro atoms. The van der Waals surface area contributed by atoms with Gasteiger partial charge in [-0.15, -0.1) is 0 Å². The van der Waals surface area contributed by atoms with Crippen molar-refractivity contribution >= 4 is 17.7 Å². The molecule has 0 aromatic heterocycles. The molecule has 1 N–H and O–H groups in total. The van der Waals surface area contributed by atoms with E-state index in [4.69, 9.17) is 23.7 Å². The molecule has 312 valence electrons. The first kappa shape index (κ1) is 46.7. The number of Topliss-reactive ketones (excluding diaryl/α,β-unsaturated/α-hetero) is 1. The maximum Gasteiger partial charge on any atom is 0.432 e. The lowest BCUT2D eigenvalue weighted by Gasteiger charge is -2.34. The molecule has 6 atom stereocenters. The Morgan fingerprint density at radius 3 is 1.74 bits per heavy atom. The second-order valence-electron chi connectivity index (χ2n) is 13.8. The van der Waals surface area contributed by atoms with Crippen molar-refractivity contribution in [2.45, 2.75) is 102 Å². The van der Waals surface area contributed by atoms with Gasteiger partial charge in [-0.05, 0) is 46.1 Å². The highest BCUT2D eigenvalue weighted by atomic mass is 19.4. The van der Waals surface area contributed by atoms with Crippen molar-refractivity contribution in [2.24, 2.45) is 5.92 Å². The number of esters is 2. The van der Waals surface area contributed by atoms with E-state index < -0.39 is 76.3 Å². The van der Waals surface area contributed by atoms with Crippen LogP contribution in [0, 0.1) is 5.92 Å². The van der Waals surface area contributed by atoms with Gasteiger partial charge in [0.25, 0.3) is 17.0 Å². The van der Waals surface area contributed by atoms with Gasteiger partial charge in [0, 0.05) is 50.2 Å². The smallest absolute Gasteiger partial charge is 0.432 e. The van der Waals surface area contributed by atoms with Crippen LogP contribution in [0.15, 0.2) is 107 Å². The predicted octanol–water partition coefficient (Wildman–Crippen LogP) is 8.88. The number of halogens is 6. The summed E-state index contributed by atoms with van der Waals surface area (Å²) in [5.74, 6) is -7.11. The number of alkyl halides is 6. The second-order valence-corrected chi connectivity index (χ2v) is 13.8. The summed E-state index contributed by atoms with van der Waals surface area (Å²) < 4.78 is 114. The molecule has 0 radical (unpaired) electrons. The highest BCUT2D eigenvalue weighted by Gasteiger charge is 2.65. The minimum atomic E-state index is -5.25. The fourth-order valence-corrected chi connectivity index (χ4v) is 6.40. The molecular formula is C42H48F6O9. The largest absolute Gasteiger partial charge is 0.459 e. The normalized spacial score (nSPS) is 20.7. The molecule has 0 bridgehead atoms. The van der Waals surface area contributed by atoms with E-state index in [2.05, 4.69) is 0 Å². The topological polar surface area (TPSA) is 118 Å². The van der Waals surface area contributed by atoms with Gasteiger partial charge in [-0.2, -0.15) is 26.3 Å². The van der Waals surface area contributed by atoms with E-state index in [1.807, 2.05) is 0 Å². The number of aliphatic hydroxyl groups is 1. The Morgan fingerprint density at radius 1 is 0.860 bits per heavy atom. The number of methoxy groups -OCH3 is 2. The Balaban J connectivity index is 1.88. The quantitative estimate of drug-likeness (QED) is 0.0724.